The third-order valence-corrected chi connectivity index (χ3v) is 9.65. The number of ketones is 1. The number of ether oxygens (including phenoxy) is 3. The first-order valence-electron chi connectivity index (χ1n) is 14.9. The van der Waals surface area contributed by atoms with Crippen LogP contribution < -0.4 is 19.1 Å². The molecule has 1 aliphatic rings. The Bertz CT molecular complexity index is 1710. The summed E-state index contributed by atoms with van der Waals surface area (Å²) in [5.41, 5.74) is 1.88. The molecule has 0 saturated carbocycles. The zero-order chi connectivity index (χ0) is 32.6. The number of carbonyl (C=O) groups excluding carboxylic acids is 2. The Hall–Kier alpha value is -4.06. The van der Waals surface area contributed by atoms with Crippen molar-refractivity contribution in [3.05, 3.63) is 94.0 Å². The first-order valence-corrected chi connectivity index (χ1v) is 17.1. The molecule has 1 N–H and O–H groups in total. The van der Waals surface area contributed by atoms with Crippen molar-refractivity contribution in [1.82, 2.24) is 10.2 Å². The number of amides is 1. The highest BCUT2D eigenvalue weighted by Gasteiger charge is 2.48. The van der Waals surface area contributed by atoms with Crippen molar-refractivity contribution in [3.8, 4) is 17.2 Å². The molecule has 1 fully saturated rings. The van der Waals surface area contributed by atoms with E-state index in [0.717, 1.165) is 24.8 Å². The van der Waals surface area contributed by atoms with Gasteiger partial charge in [-0.05, 0) is 73.0 Å². The Balaban J connectivity index is 1.53. The van der Waals surface area contributed by atoms with Gasteiger partial charge in [0.15, 0.2) is 15.8 Å². The fraction of sp³-hybridized carbons (Fsp3) is 0.294. The second kappa shape index (κ2) is 15.5. The van der Waals surface area contributed by atoms with E-state index < -0.39 is 17.7 Å². The largest absolute Gasteiger partial charge is 0.507 e. The van der Waals surface area contributed by atoms with E-state index in [1.165, 1.54) is 35.1 Å². The van der Waals surface area contributed by atoms with Crippen LogP contribution in [0.4, 0.5) is 5.13 Å². The van der Waals surface area contributed by atoms with Crippen LogP contribution in [-0.4, -0.2) is 47.3 Å². The van der Waals surface area contributed by atoms with Gasteiger partial charge in [0.1, 0.15) is 11.5 Å². The zero-order valence-corrected chi connectivity index (χ0v) is 28.1. The Morgan fingerprint density at radius 2 is 1.74 bits per heavy atom. The molecule has 2 heterocycles. The number of carbonyl (C=O) groups is 2. The maximum Gasteiger partial charge on any atom is 0.301 e. The second-order valence-corrected chi connectivity index (χ2v) is 13.0. The highest BCUT2D eigenvalue weighted by molar-refractivity contribution is 8.00. The number of methoxy groups -OCH3 is 1. The maximum absolute atomic E-state index is 13.7. The fourth-order valence-electron chi connectivity index (χ4n) is 4.97. The van der Waals surface area contributed by atoms with Crippen LogP contribution >= 0.6 is 34.7 Å². The minimum absolute atomic E-state index is 0.0709. The average Bonchev–Trinajstić information content (AvgIpc) is 3.64. The Labute approximate surface area is 281 Å². The SMILES string of the molecule is CCCCCOc1ccc(C2/C(=C(/O)c3ccc(OCC)cc3)C(=O)C(=O)N2c2nnc(SCc3ccc(Cl)cc3)s2)cc1OC. The van der Waals surface area contributed by atoms with Crippen molar-refractivity contribution in [2.24, 2.45) is 0 Å². The predicted octanol–water partition coefficient (Wildman–Crippen LogP) is 8.09. The van der Waals surface area contributed by atoms with Crippen LogP contribution in [0, 0.1) is 0 Å². The van der Waals surface area contributed by atoms with E-state index in [4.69, 9.17) is 25.8 Å². The van der Waals surface area contributed by atoms with E-state index in [2.05, 4.69) is 17.1 Å². The molecule has 9 nitrogen and oxygen atoms in total. The van der Waals surface area contributed by atoms with Crippen LogP contribution in [0.15, 0.2) is 76.6 Å². The highest BCUT2D eigenvalue weighted by Crippen LogP contribution is 2.45. The van der Waals surface area contributed by atoms with Gasteiger partial charge in [0.05, 0.1) is 31.9 Å². The number of aromatic nitrogens is 2. The molecule has 3 aromatic carbocycles. The molecular weight excluding hydrogens is 646 g/mol. The Kier molecular flexibility index (Phi) is 11.2. The molecule has 1 unspecified atom stereocenters. The number of Topliss-reactive ketones (excluding diaryl/α,β-unsaturated/α-hetero) is 1. The summed E-state index contributed by atoms with van der Waals surface area (Å²) in [7, 11) is 1.53. The summed E-state index contributed by atoms with van der Waals surface area (Å²) in [6.07, 6.45) is 3.01. The number of hydrogen-bond acceptors (Lipinski definition) is 10. The van der Waals surface area contributed by atoms with Crippen LogP contribution in [0.3, 0.4) is 0 Å². The number of aliphatic hydroxyl groups excluding tert-OH is 1. The van der Waals surface area contributed by atoms with Crippen molar-refractivity contribution in [2.75, 3.05) is 25.2 Å². The number of halogens is 1. The molecule has 0 aliphatic carbocycles. The molecule has 1 aliphatic heterocycles. The van der Waals surface area contributed by atoms with E-state index >= 15 is 0 Å². The predicted molar refractivity (Wildman–Crippen MR) is 181 cm³/mol. The lowest BCUT2D eigenvalue weighted by atomic mass is 9.95. The van der Waals surface area contributed by atoms with E-state index in [1.807, 2.05) is 31.2 Å². The Morgan fingerprint density at radius 1 is 0.978 bits per heavy atom. The van der Waals surface area contributed by atoms with Crippen LogP contribution in [0.2, 0.25) is 5.02 Å². The number of thioether (sulfide) groups is 1. The average molecular weight is 680 g/mol. The van der Waals surface area contributed by atoms with Crippen LogP contribution in [-0.2, 0) is 15.3 Å². The Morgan fingerprint density at radius 3 is 2.43 bits per heavy atom. The van der Waals surface area contributed by atoms with Crippen molar-refractivity contribution in [2.45, 2.75) is 49.2 Å². The molecule has 0 spiro atoms. The fourth-order valence-corrected chi connectivity index (χ4v) is 6.92. The number of hydrogen-bond donors (Lipinski definition) is 1. The van der Waals surface area contributed by atoms with E-state index in [1.54, 1.807) is 42.5 Å². The van der Waals surface area contributed by atoms with Gasteiger partial charge in [0, 0.05) is 16.3 Å². The summed E-state index contributed by atoms with van der Waals surface area (Å²) in [5.74, 6) is 0.257. The molecule has 1 atom stereocenters. The highest BCUT2D eigenvalue weighted by atomic mass is 35.5. The first-order chi connectivity index (χ1) is 22.3. The van der Waals surface area contributed by atoms with Gasteiger partial charge < -0.3 is 19.3 Å². The topological polar surface area (TPSA) is 111 Å². The summed E-state index contributed by atoms with van der Waals surface area (Å²) >= 11 is 8.66. The van der Waals surface area contributed by atoms with Crippen molar-refractivity contribution in [1.29, 1.82) is 0 Å². The maximum atomic E-state index is 13.7. The molecule has 1 saturated heterocycles. The van der Waals surface area contributed by atoms with Crippen LogP contribution in [0.25, 0.3) is 5.76 Å². The summed E-state index contributed by atoms with van der Waals surface area (Å²) in [6, 6.07) is 18.4. The molecule has 5 rings (SSSR count). The van der Waals surface area contributed by atoms with Gasteiger partial charge in [-0.3, -0.25) is 14.5 Å². The van der Waals surface area contributed by atoms with E-state index in [9.17, 15) is 14.7 Å². The van der Waals surface area contributed by atoms with Crippen molar-refractivity contribution < 1.29 is 28.9 Å². The molecule has 46 heavy (non-hydrogen) atoms. The van der Waals surface area contributed by atoms with Crippen LogP contribution in [0.1, 0.15) is 55.8 Å². The van der Waals surface area contributed by atoms with Crippen molar-refractivity contribution in [3.63, 3.8) is 0 Å². The number of nitrogens with zero attached hydrogens (tertiary/aromatic N) is 3. The summed E-state index contributed by atoms with van der Waals surface area (Å²) in [4.78, 5) is 28.7. The molecule has 0 bridgehead atoms. The van der Waals surface area contributed by atoms with E-state index in [0.29, 0.717) is 56.7 Å². The molecule has 4 aromatic rings. The summed E-state index contributed by atoms with van der Waals surface area (Å²) < 4.78 is 17.8. The minimum Gasteiger partial charge on any atom is -0.507 e. The number of benzene rings is 3. The van der Waals surface area contributed by atoms with Gasteiger partial charge in [-0.15, -0.1) is 10.2 Å². The van der Waals surface area contributed by atoms with Gasteiger partial charge in [0.2, 0.25) is 5.13 Å². The van der Waals surface area contributed by atoms with Crippen molar-refractivity contribution >= 4 is 57.3 Å². The minimum atomic E-state index is -1.00. The lowest BCUT2D eigenvalue weighted by Crippen LogP contribution is -2.29. The number of unbranched alkanes of at least 4 members (excludes halogenated alkanes) is 2. The van der Waals surface area contributed by atoms with E-state index in [-0.39, 0.29) is 16.5 Å². The second-order valence-electron chi connectivity index (χ2n) is 10.4. The van der Waals surface area contributed by atoms with Crippen LogP contribution in [0.5, 0.6) is 17.2 Å². The first kappa shape index (κ1) is 33.3. The van der Waals surface area contributed by atoms with Gasteiger partial charge >= 0.3 is 5.91 Å². The van der Waals surface area contributed by atoms with Gasteiger partial charge in [0.25, 0.3) is 5.78 Å². The van der Waals surface area contributed by atoms with Gasteiger partial charge in [-0.25, -0.2) is 0 Å². The molecule has 1 amide bonds. The third kappa shape index (κ3) is 7.49. The number of aliphatic hydroxyl groups is 1. The third-order valence-electron chi connectivity index (χ3n) is 7.27. The molecule has 1 aromatic heterocycles. The molecule has 240 valence electrons. The summed E-state index contributed by atoms with van der Waals surface area (Å²) in [6.45, 7) is 5.01. The lowest BCUT2D eigenvalue weighted by Gasteiger charge is -2.23. The molecular formula is C34H34ClN3O6S2. The monoisotopic (exact) mass is 679 g/mol. The lowest BCUT2D eigenvalue weighted by molar-refractivity contribution is -0.132. The molecule has 0 radical (unpaired) electrons. The van der Waals surface area contributed by atoms with Gasteiger partial charge in [-0.1, -0.05) is 72.7 Å². The summed E-state index contributed by atoms with van der Waals surface area (Å²) in [5, 5.41) is 21.0. The standard InChI is InChI=1S/C34H34ClN3O6S2/c1-4-6-7-18-44-26-17-12-23(19-27(26)42-3)29-28(30(39)22-10-15-25(16-11-22)43-5-2)31(40)32(41)38(29)33-36-37-34(46-33)45-20-21-8-13-24(35)14-9-21/h8-17,19,29,39H,4-7,18,20H2,1-3H3/b30-28-. The smallest absolute Gasteiger partial charge is 0.301 e. The van der Waals surface area contributed by atoms with Gasteiger partial charge in [-0.2, -0.15) is 0 Å². The normalized spacial score (nSPS) is 15.7. The quantitative estimate of drug-likeness (QED) is 0.0353. The zero-order valence-electron chi connectivity index (χ0n) is 25.7. The number of rotatable bonds is 14. The number of anilines is 1. The molecule has 12 heteroatoms.